The summed E-state index contributed by atoms with van der Waals surface area (Å²) in [6.07, 6.45) is 6.23. The SMILES string of the molecule is O=C1CCN(CCN2CCC(Cn3nc(-c4ccncc4)ccc3=O)CC2)CCN1. The fourth-order valence-electron chi connectivity index (χ4n) is 4.21. The number of hydrogen-bond donors (Lipinski definition) is 1. The largest absolute Gasteiger partial charge is 0.355 e. The molecule has 2 aromatic heterocycles. The highest BCUT2D eigenvalue weighted by Gasteiger charge is 2.21. The highest BCUT2D eigenvalue weighted by Crippen LogP contribution is 2.19. The Morgan fingerprint density at radius 1 is 0.933 bits per heavy atom. The monoisotopic (exact) mass is 410 g/mol. The molecule has 4 heterocycles. The minimum Gasteiger partial charge on any atom is -0.355 e. The molecule has 1 amide bonds. The van der Waals surface area contributed by atoms with Crippen LogP contribution in [0.5, 0.6) is 0 Å². The zero-order valence-corrected chi connectivity index (χ0v) is 17.4. The maximum atomic E-state index is 12.3. The summed E-state index contributed by atoms with van der Waals surface area (Å²) < 4.78 is 1.62. The van der Waals surface area contributed by atoms with Crippen LogP contribution in [0, 0.1) is 5.92 Å². The van der Waals surface area contributed by atoms with E-state index < -0.39 is 0 Å². The molecule has 0 spiro atoms. The van der Waals surface area contributed by atoms with E-state index in [4.69, 9.17) is 0 Å². The Morgan fingerprint density at radius 2 is 1.67 bits per heavy atom. The van der Waals surface area contributed by atoms with Gasteiger partial charge < -0.3 is 10.2 Å². The van der Waals surface area contributed by atoms with E-state index in [0.717, 1.165) is 69.9 Å². The molecule has 2 aliphatic heterocycles. The summed E-state index contributed by atoms with van der Waals surface area (Å²) in [5.41, 5.74) is 1.73. The fourth-order valence-corrected chi connectivity index (χ4v) is 4.21. The molecule has 2 saturated heterocycles. The van der Waals surface area contributed by atoms with Crippen molar-refractivity contribution in [3.05, 3.63) is 47.0 Å². The van der Waals surface area contributed by atoms with Crippen LogP contribution in [0.1, 0.15) is 19.3 Å². The second-order valence-corrected chi connectivity index (χ2v) is 8.20. The van der Waals surface area contributed by atoms with E-state index in [2.05, 4.69) is 25.2 Å². The van der Waals surface area contributed by atoms with Gasteiger partial charge in [0.1, 0.15) is 0 Å². The van der Waals surface area contributed by atoms with E-state index in [0.29, 0.717) is 18.9 Å². The van der Waals surface area contributed by atoms with Gasteiger partial charge in [-0.1, -0.05) is 0 Å². The van der Waals surface area contributed by atoms with Crippen molar-refractivity contribution in [3.8, 4) is 11.3 Å². The van der Waals surface area contributed by atoms with E-state index in [9.17, 15) is 9.59 Å². The highest BCUT2D eigenvalue weighted by atomic mass is 16.1. The van der Waals surface area contributed by atoms with Crippen molar-refractivity contribution in [1.82, 2.24) is 29.9 Å². The number of likely N-dealkylation sites (tertiary alicyclic amines) is 1. The maximum Gasteiger partial charge on any atom is 0.266 e. The molecule has 0 radical (unpaired) electrons. The van der Waals surface area contributed by atoms with Crippen molar-refractivity contribution >= 4 is 5.91 Å². The minimum absolute atomic E-state index is 0.0421. The maximum absolute atomic E-state index is 12.3. The van der Waals surface area contributed by atoms with Gasteiger partial charge in [0.05, 0.1) is 5.69 Å². The van der Waals surface area contributed by atoms with Crippen LogP contribution in [0.3, 0.4) is 0 Å². The third kappa shape index (κ3) is 5.52. The van der Waals surface area contributed by atoms with Gasteiger partial charge in [0, 0.05) is 69.7 Å². The van der Waals surface area contributed by atoms with Gasteiger partial charge >= 0.3 is 0 Å². The molecule has 0 saturated carbocycles. The number of rotatable bonds is 6. The average Bonchev–Trinajstić information content (AvgIpc) is 2.99. The summed E-state index contributed by atoms with van der Waals surface area (Å²) in [6, 6.07) is 7.21. The molecule has 0 bridgehead atoms. The first kappa shape index (κ1) is 20.7. The van der Waals surface area contributed by atoms with Gasteiger partial charge in [0.25, 0.3) is 5.56 Å². The summed E-state index contributed by atoms with van der Waals surface area (Å²) in [5, 5.41) is 7.52. The Kier molecular flexibility index (Phi) is 6.86. The van der Waals surface area contributed by atoms with E-state index in [1.54, 1.807) is 29.2 Å². The molecule has 0 aliphatic carbocycles. The lowest BCUT2D eigenvalue weighted by Crippen LogP contribution is -2.41. The van der Waals surface area contributed by atoms with Crippen LogP contribution in [0.25, 0.3) is 11.3 Å². The summed E-state index contributed by atoms with van der Waals surface area (Å²) in [5.74, 6) is 0.634. The number of nitrogens with one attached hydrogen (secondary N) is 1. The number of aromatic nitrogens is 3. The highest BCUT2D eigenvalue weighted by molar-refractivity contribution is 5.76. The van der Waals surface area contributed by atoms with Crippen LogP contribution in [0.15, 0.2) is 41.5 Å². The predicted molar refractivity (Wildman–Crippen MR) is 115 cm³/mol. The number of nitrogens with zero attached hydrogens (tertiary/aromatic N) is 5. The second-order valence-electron chi connectivity index (χ2n) is 8.20. The Hall–Kier alpha value is -2.58. The minimum atomic E-state index is -0.0421. The van der Waals surface area contributed by atoms with Gasteiger partial charge in [0.2, 0.25) is 5.91 Å². The Bertz CT molecular complexity index is 892. The molecule has 1 N–H and O–H groups in total. The molecular formula is C22H30N6O2. The van der Waals surface area contributed by atoms with Crippen molar-refractivity contribution in [2.24, 2.45) is 5.92 Å². The van der Waals surface area contributed by atoms with Gasteiger partial charge in [-0.25, -0.2) is 4.68 Å². The summed E-state index contributed by atoms with van der Waals surface area (Å²) in [4.78, 5) is 32.7. The zero-order valence-electron chi connectivity index (χ0n) is 17.4. The summed E-state index contributed by atoms with van der Waals surface area (Å²) >= 11 is 0. The van der Waals surface area contributed by atoms with E-state index in [-0.39, 0.29) is 11.5 Å². The number of piperidine rings is 1. The van der Waals surface area contributed by atoms with Crippen molar-refractivity contribution in [1.29, 1.82) is 0 Å². The molecule has 2 aromatic rings. The molecule has 160 valence electrons. The molecule has 4 rings (SSSR count). The van der Waals surface area contributed by atoms with E-state index >= 15 is 0 Å². The molecule has 30 heavy (non-hydrogen) atoms. The molecule has 0 atom stereocenters. The first-order chi connectivity index (χ1) is 14.7. The van der Waals surface area contributed by atoms with Crippen molar-refractivity contribution in [2.45, 2.75) is 25.8 Å². The first-order valence-corrected chi connectivity index (χ1v) is 10.9. The topological polar surface area (TPSA) is 83.4 Å². The molecule has 2 aliphatic rings. The average molecular weight is 411 g/mol. The number of hydrogen-bond acceptors (Lipinski definition) is 6. The standard InChI is InChI=1S/C22H30N6O2/c29-21-7-13-27(14-10-24-21)16-15-26-11-5-18(6-12-26)17-28-22(30)2-1-20(25-28)19-3-8-23-9-4-19/h1-4,8-9,18H,5-7,10-17H2,(H,24,29). The van der Waals surface area contributed by atoms with Gasteiger partial charge in [-0.2, -0.15) is 5.10 Å². The van der Waals surface area contributed by atoms with Gasteiger partial charge in [0.15, 0.2) is 0 Å². The van der Waals surface area contributed by atoms with Crippen LogP contribution in [-0.2, 0) is 11.3 Å². The smallest absolute Gasteiger partial charge is 0.266 e. The quantitative estimate of drug-likeness (QED) is 0.760. The van der Waals surface area contributed by atoms with Crippen LogP contribution in [0.2, 0.25) is 0 Å². The van der Waals surface area contributed by atoms with Crippen LogP contribution in [0.4, 0.5) is 0 Å². The lowest BCUT2D eigenvalue weighted by atomic mass is 9.97. The summed E-state index contributed by atoms with van der Waals surface area (Å²) in [7, 11) is 0. The van der Waals surface area contributed by atoms with Gasteiger partial charge in [-0.15, -0.1) is 0 Å². The van der Waals surface area contributed by atoms with Crippen LogP contribution >= 0.6 is 0 Å². The number of pyridine rings is 1. The number of carbonyl (C=O) groups is 1. The second kappa shape index (κ2) is 9.95. The van der Waals surface area contributed by atoms with E-state index in [1.165, 1.54) is 0 Å². The molecular weight excluding hydrogens is 380 g/mol. The molecule has 8 nitrogen and oxygen atoms in total. The number of amides is 1. The van der Waals surface area contributed by atoms with Gasteiger partial charge in [-0.05, 0) is 50.0 Å². The molecule has 0 unspecified atom stereocenters. The first-order valence-electron chi connectivity index (χ1n) is 10.9. The molecule has 0 aromatic carbocycles. The predicted octanol–water partition coefficient (Wildman–Crippen LogP) is 0.839. The summed E-state index contributed by atoms with van der Waals surface area (Å²) in [6.45, 7) is 7.36. The fraction of sp³-hybridized carbons (Fsp3) is 0.545. The number of carbonyl (C=O) groups excluding carboxylic acids is 1. The Morgan fingerprint density at radius 3 is 2.43 bits per heavy atom. The van der Waals surface area contributed by atoms with Crippen molar-refractivity contribution in [2.75, 3.05) is 45.8 Å². The normalized spacial score (nSPS) is 19.4. The van der Waals surface area contributed by atoms with E-state index in [1.807, 2.05) is 12.1 Å². The zero-order chi connectivity index (χ0) is 20.8. The Labute approximate surface area is 176 Å². The van der Waals surface area contributed by atoms with Crippen LogP contribution < -0.4 is 10.9 Å². The van der Waals surface area contributed by atoms with Crippen LogP contribution in [-0.4, -0.2) is 76.3 Å². The third-order valence-corrected chi connectivity index (χ3v) is 6.12. The third-order valence-electron chi connectivity index (χ3n) is 6.12. The van der Waals surface area contributed by atoms with Gasteiger partial charge in [-0.3, -0.25) is 19.5 Å². The lowest BCUT2D eigenvalue weighted by Gasteiger charge is -2.33. The Balaban J connectivity index is 1.27. The molecule has 2 fully saturated rings. The molecule has 8 heteroatoms. The lowest BCUT2D eigenvalue weighted by molar-refractivity contribution is -0.120. The van der Waals surface area contributed by atoms with Crippen molar-refractivity contribution < 1.29 is 4.79 Å². The van der Waals surface area contributed by atoms with Crippen molar-refractivity contribution in [3.63, 3.8) is 0 Å².